The van der Waals surface area contributed by atoms with Crippen LogP contribution in [0.15, 0.2) is 53.7 Å². The zero-order valence-corrected chi connectivity index (χ0v) is 15.0. The van der Waals surface area contributed by atoms with Crippen LogP contribution in [0.2, 0.25) is 0 Å². The average Bonchev–Trinajstić information content (AvgIpc) is 3.28. The molecule has 4 rings (SSSR count). The van der Waals surface area contributed by atoms with Crippen LogP contribution in [-0.2, 0) is 19.2 Å². The summed E-state index contributed by atoms with van der Waals surface area (Å²) >= 11 is 0. The Morgan fingerprint density at radius 1 is 1.14 bits per heavy atom. The number of non-ortho nitro benzene ring substituents is 1. The largest absolute Gasteiger partial charge is 0.465 e. The maximum atomic E-state index is 13.1. The van der Waals surface area contributed by atoms with E-state index in [2.05, 4.69) is 5.16 Å². The van der Waals surface area contributed by atoms with Crippen LogP contribution in [-0.4, -0.2) is 41.6 Å². The average molecular weight is 395 g/mol. The maximum Gasteiger partial charge on any atom is 0.339 e. The Hall–Kier alpha value is -4.08. The number of rotatable bonds is 4. The number of methoxy groups -OCH3 is 1. The molecule has 0 aromatic heterocycles. The highest BCUT2D eigenvalue weighted by molar-refractivity contribution is 6.33. The van der Waals surface area contributed by atoms with E-state index >= 15 is 0 Å². The minimum atomic E-state index is -1.17. The van der Waals surface area contributed by atoms with Gasteiger partial charge in [-0.05, 0) is 24.3 Å². The van der Waals surface area contributed by atoms with Crippen LogP contribution in [0.5, 0.6) is 0 Å². The summed E-state index contributed by atoms with van der Waals surface area (Å²) in [4.78, 5) is 54.4. The number of hydrogen-bond donors (Lipinski definition) is 0. The first kappa shape index (κ1) is 18.3. The molecular formula is C19H13N3O7. The fourth-order valence-electron chi connectivity index (χ4n) is 3.36. The predicted molar refractivity (Wildman–Crippen MR) is 98.3 cm³/mol. The number of nitro groups is 1. The SMILES string of the molecule is COC(=O)c1ccccc1N1C(=O)[C@H]2C(c3ccc([N+](=O)[O-])cc3)=NO[C@H]2C1=O. The molecule has 2 aliphatic heterocycles. The third-order valence-electron chi connectivity index (χ3n) is 4.74. The van der Waals surface area contributed by atoms with E-state index in [0.717, 1.165) is 4.90 Å². The van der Waals surface area contributed by atoms with Crippen LogP contribution in [0.3, 0.4) is 0 Å². The van der Waals surface area contributed by atoms with Crippen molar-refractivity contribution in [1.82, 2.24) is 0 Å². The smallest absolute Gasteiger partial charge is 0.339 e. The van der Waals surface area contributed by atoms with Crippen molar-refractivity contribution in [1.29, 1.82) is 0 Å². The number of imide groups is 1. The molecular weight excluding hydrogens is 382 g/mol. The van der Waals surface area contributed by atoms with Crippen molar-refractivity contribution < 1.29 is 28.9 Å². The molecule has 0 saturated carbocycles. The van der Waals surface area contributed by atoms with Gasteiger partial charge < -0.3 is 9.57 Å². The monoisotopic (exact) mass is 395 g/mol. The Labute approximate surface area is 163 Å². The van der Waals surface area contributed by atoms with Gasteiger partial charge in [0.2, 0.25) is 12.0 Å². The van der Waals surface area contributed by atoms with Crippen LogP contribution in [0, 0.1) is 16.0 Å². The second kappa shape index (κ2) is 6.82. The van der Waals surface area contributed by atoms with Crippen molar-refractivity contribution >= 4 is 34.9 Å². The number of fused-ring (bicyclic) bond motifs is 1. The fourth-order valence-corrected chi connectivity index (χ4v) is 3.36. The van der Waals surface area contributed by atoms with Gasteiger partial charge in [0.25, 0.3) is 11.6 Å². The number of carbonyl (C=O) groups is 3. The van der Waals surface area contributed by atoms with Gasteiger partial charge in [-0.15, -0.1) is 0 Å². The normalized spacial score (nSPS) is 20.2. The molecule has 10 heteroatoms. The Morgan fingerprint density at radius 2 is 1.83 bits per heavy atom. The number of ether oxygens (including phenoxy) is 1. The lowest BCUT2D eigenvalue weighted by atomic mass is 9.94. The summed E-state index contributed by atoms with van der Waals surface area (Å²) in [5.74, 6) is -2.97. The first-order chi connectivity index (χ1) is 13.9. The van der Waals surface area contributed by atoms with Crippen molar-refractivity contribution in [2.24, 2.45) is 11.1 Å². The van der Waals surface area contributed by atoms with E-state index in [4.69, 9.17) is 9.57 Å². The predicted octanol–water partition coefficient (Wildman–Crippen LogP) is 1.67. The Kier molecular flexibility index (Phi) is 4.30. The van der Waals surface area contributed by atoms with Crippen LogP contribution in [0.25, 0.3) is 0 Å². The van der Waals surface area contributed by atoms with E-state index in [9.17, 15) is 24.5 Å². The highest BCUT2D eigenvalue weighted by Crippen LogP contribution is 2.36. The van der Waals surface area contributed by atoms with E-state index < -0.39 is 34.7 Å². The van der Waals surface area contributed by atoms with Crippen molar-refractivity contribution in [2.75, 3.05) is 12.0 Å². The number of benzene rings is 2. The van der Waals surface area contributed by atoms with Crippen LogP contribution >= 0.6 is 0 Å². The summed E-state index contributed by atoms with van der Waals surface area (Å²) in [6.07, 6.45) is -1.17. The quantitative estimate of drug-likeness (QED) is 0.333. The number of amides is 2. The number of para-hydroxylation sites is 1. The lowest BCUT2D eigenvalue weighted by Gasteiger charge is -2.18. The molecule has 2 atom stereocenters. The number of oxime groups is 1. The summed E-state index contributed by atoms with van der Waals surface area (Å²) in [6, 6.07) is 11.5. The molecule has 2 aromatic rings. The Balaban J connectivity index is 1.70. The van der Waals surface area contributed by atoms with Crippen LogP contribution in [0.4, 0.5) is 11.4 Å². The van der Waals surface area contributed by atoms with E-state index in [0.29, 0.717) is 5.56 Å². The molecule has 29 heavy (non-hydrogen) atoms. The lowest BCUT2D eigenvalue weighted by Crippen LogP contribution is -2.34. The van der Waals surface area contributed by atoms with Gasteiger partial charge in [-0.25, -0.2) is 9.69 Å². The standard InChI is InChI=1S/C19H13N3O7/c1-28-19(25)12-4-2-3-5-13(12)21-17(23)14-15(20-29-16(14)18(21)24)10-6-8-11(9-7-10)22(26)27/h2-9,14,16H,1H3/t14-,16+/m0/s1. The second-order valence-electron chi connectivity index (χ2n) is 6.30. The molecule has 10 nitrogen and oxygen atoms in total. The zero-order valence-electron chi connectivity index (χ0n) is 15.0. The summed E-state index contributed by atoms with van der Waals surface area (Å²) in [6.45, 7) is 0. The summed E-state index contributed by atoms with van der Waals surface area (Å²) in [5.41, 5.74) is 0.654. The molecule has 2 aliphatic rings. The second-order valence-corrected chi connectivity index (χ2v) is 6.30. The molecule has 0 N–H and O–H groups in total. The van der Waals surface area contributed by atoms with Gasteiger partial charge in [0.05, 0.1) is 23.3 Å². The third kappa shape index (κ3) is 2.81. The summed E-state index contributed by atoms with van der Waals surface area (Å²) < 4.78 is 4.72. The minimum absolute atomic E-state index is 0.0606. The maximum absolute atomic E-state index is 13.1. The number of nitro benzene ring substituents is 1. The van der Waals surface area contributed by atoms with Crippen molar-refractivity contribution in [3.05, 3.63) is 69.8 Å². The number of anilines is 1. The Morgan fingerprint density at radius 3 is 2.48 bits per heavy atom. The topological polar surface area (TPSA) is 128 Å². The first-order valence-electron chi connectivity index (χ1n) is 8.47. The molecule has 0 bridgehead atoms. The zero-order chi connectivity index (χ0) is 20.7. The number of hydrogen-bond acceptors (Lipinski definition) is 8. The number of carbonyl (C=O) groups excluding carboxylic acids is 3. The van der Waals surface area contributed by atoms with Gasteiger partial charge in [0.15, 0.2) is 0 Å². The number of nitrogens with zero attached hydrogens (tertiary/aromatic N) is 3. The molecule has 0 spiro atoms. The highest BCUT2D eigenvalue weighted by atomic mass is 16.7. The van der Waals surface area contributed by atoms with E-state index in [-0.39, 0.29) is 22.6 Å². The molecule has 2 heterocycles. The minimum Gasteiger partial charge on any atom is -0.465 e. The van der Waals surface area contributed by atoms with Crippen molar-refractivity contribution in [3.8, 4) is 0 Å². The van der Waals surface area contributed by atoms with Gasteiger partial charge in [-0.3, -0.25) is 19.7 Å². The molecule has 2 aromatic carbocycles. The van der Waals surface area contributed by atoms with E-state index in [1.807, 2.05) is 0 Å². The van der Waals surface area contributed by atoms with Crippen LogP contribution in [0.1, 0.15) is 15.9 Å². The Bertz CT molecular complexity index is 1080. The molecule has 146 valence electrons. The molecule has 0 radical (unpaired) electrons. The molecule has 2 amide bonds. The van der Waals surface area contributed by atoms with Gasteiger partial charge in [-0.1, -0.05) is 17.3 Å². The molecule has 1 saturated heterocycles. The third-order valence-corrected chi connectivity index (χ3v) is 4.74. The van der Waals surface area contributed by atoms with E-state index in [1.54, 1.807) is 12.1 Å². The van der Waals surface area contributed by atoms with Crippen LogP contribution < -0.4 is 4.90 Å². The first-order valence-corrected chi connectivity index (χ1v) is 8.47. The highest BCUT2D eigenvalue weighted by Gasteiger charge is 2.56. The summed E-state index contributed by atoms with van der Waals surface area (Å²) in [5, 5.41) is 14.7. The van der Waals surface area contributed by atoms with Gasteiger partial charge in [-0.2, -0.15) is 0 Å². The lowest BCUT2D eigenvalue weighted by molar-refractivity contribution is -0.384. The van der Waals surface area contributed by atoms with Gasteiger partial charge in [0, 0.05) is 17.7 Å². The fraction of sp³-hybridized carbons (Fsp3) is 0.158. The van der Waals surface area contributed by atoms with Crippen molar-refractivity contribution in [3.63, 3.8) is 0 Å². The van der Waals surface area contributed by atoms with Crippen molar-refractivity contribution in [2.45, 2.75) is 6.10 Å². The van der Waals surface area contributed by atoms with Gasteiger partial charge in [0.1, 0.15) is 11.6 Å². The molecule has 1 fully saturated rings. The summed E-state index contributed by atoms with van der Waals surface area (Å²) in [7, 11) is 1.20. The van der Waals surface area contributed by atoms with Gasteiger partial charge >= 0.3 is 5.97 Å². The van der Waals surface area contributed by atoms with E-state index in [1.165, 1.54) is 43.5 Å². The number of esters is 1. The molecule has 0 aliphatic carbocycles. The molecule has 0 unspecified atom stereocenters.